The second-order valence-electron chi connectivity index (χ2n) is 8.37. The number of benzene rings is 2. The monoisotopic (exact) mass is 411 g/mol. The maximum absolute atomic E-state index is 12.7. The molecule has 4 rings (SSSR count). The number of nitrogens with zero attached hydrogens (tertiary/aromatic N) is 2. The molecule has 1 aliphatic heterocycles. The van der Waals surface area contributed by atoms with E-state index in [4.69, 9.17) is 11.6 Å². The maximum atomic E-state index is 12.7. The SMILES string of the molecule is Cc1cccc(N2CCN(CCCNC(=O)C3(c4ccc(Cl)cc4)CC3)CC2)c1. The van der Waals surface area contributed by atoms with Gasteiger partial charge in [0.25, 0.3) is 0 Å². The van der Waals surface area contributed by atoms with E-state index in [0.29, 0.717) is 5.02 Å². The van der Waals surface area contributed by atoms with Gasteiger partial charge in [-0.1, -0.05) is 35.9 Å². The molecule has 0 radical (unpaired) electrons. The summed E-state index contributed by atoms with van der Waals surface area (Å²) >= 11 is 5.98. The van der Waals surface area contributed by atoms with Crippen LogP contribution >= 0.6 is 11.6 Å². The average Bonchev–Trinajstić information content (AvgIpc) is 3.54. The van der Waals surface area contributed by atoms with Crippen LogP contribution in [0.2, 0.25) is 5.02 Å². The Labute approximate surface area is 178 Å². The van der Waals surface area contributed by atoms with Crippen LogP contribution in [0.4, 0.5) is 5.69 Å². The van der Waals surface area contributed by atoms with Gasteiger partial charge < -0.3 is 10.2 Å². The number of rotatable bonds is 7. The summed E-state index contributed by atoms with van der Waals surface area (Å²) in [5.41, 5.74) is 3.41. The number of anilines is 1. The van der Waals surface area contributed by atoms with Crippen molar-refractivity contribution in [3.8, 4) is 0 Å². The van der Waals surface area contributed by atoms with E-state index in [0.717, 1.165) is 64.1 Å². The largest absolute Gasteiger partial charge is 0.369 e. The number of piperazine rings is 1. The van der Waals surface area contributed by atoms with Crippen LogP contribution in [0.15, 0.2) is 48.5 Å². The topological polar surface area (TPSA) is 35.6 Å². The molecular formula is C24H30ClN3O. The van der Waals surface area contributed by atoms with Gasteiger partial charge >= 0.3 is 0 Å². The van der Waals surface area contributed by atoms with Crippen LogP contribution in [0.5, 0.6) is 0 Å². The van der Waals surface area contributed by atoms with Gasteiger partial charge in [-0.15, -0.1) is 0 Å². The molecule has 154 valence electrons. The molecule has 0 unspecified atom stereocenters. The highest BCUT2D eigenvalue weighted by Crippen LogP contribution is 2.48. The highest BCUT2D eigenvalue weighted by molar-refractivity contribution is 6.30. The fraction of sp³-hybridized carbons (Fsp3) is 0.458. The highest BCUT2D eigenvalue weighted by Gasteiger charge is 2.50. The predicted molar refractivity (Wildman–Crippen MR) is 120 cm³/mol. The van der Waals surface area contributed by atoms with Crippen LogP contribution in [-0.2, 0) is 10.2 Å². The normalized spacial score (nSPS) is 18.5. The minimum atomic E-state index is -0.315. The fourth-order valence-corrected chi connectivity index (χ4v) is 4.39. The summed E-state index contributed by atoms with van der Waals surface area (Å²) in [6, 6.07) is 16.5. The second kappa shape index (κ2) is 8.76. The zero-order valence-electron chi connectivity index (χ0n) is 17.2. The molecule has 1 saturated heterocycles. The Morgan fingerprint density at radius 1 is 1.07 bits per heavy atom. The fourth-order valence-electron chi connectivity index (χ4n) is 4.27. The minimum Gasteiger partial charge on any atom is -0.369 e. The molecule has 2 aromatic rings. The van der Waals surface area contributed by atoms with E-state index in [9.17, 15) is 4.79 Å². The summed E-state index contributed by atoms with van der Waals surface area (Å²) in [5, 5.41) is 3.89. The Balaban J connectivity index is 1.18. The number of halogens is 1. The third-order valence-corrected chi connectivity index (χ3v) is 6.51. The first-order valence-corrected chi connectivity index (χ1v) is 11.0. The van der Waals surface area contributed by atoms with Crippen molar-refractivity contribution >= 4 is 23.2 Å². The quantitative estimate of drug-likeness (QED) is 0.699. The van der Waals surface area contributed by atoms with Crippen LogP contribution in [0.1, 0.15) is 30.4 Å². The number of amides is 1. The van der Waals surface area contributed by atoms with Gasteiger partial charge in [-0.05, 0) is 68.1 Å². The molecule has 29 heavy (non-hydrogen) atoms. The molecule has 4 nitrogen and oxygen atoms in total. The van der Waals surface area contributed by atoms with Gasteiger partial charge in [0, 0.05) is 43.4 Å². The smallest absolute Gasteiger partial charge is 0.230 e. The summed E-state index contributed by atoms with van der Waals surface area (Å²) in [6.07, 6.45) is 2.86. The van der Waals surface area contributed by atoms with E-state index in [1.54, 1.807) is 0 Å². The van der Waals surface area contributed by atoms with Crippen molar-refractivity contribution in [3.63, 3.8) is 0 Å². The van der Waals surface area contributed by atoms with Gasteiger partial charge in [0.15, 0.2) is 0 Å². The molecule has 0 bridgehead atoms. The Kier molecular flexibility index (Phi) is 6.12. The molecule has 1 N–H and O–H groups in total. The summed E-state index contributed by atoms with van der Waals surface area (Å²) in [6.45, 7) is 8.22. The summed E-state index contributed by atoms with van der Waals surface area (Å²) in [4.78, 5) is 17.7. The van der Waals surface area contributed by atoms with Crippen LogP contribution < -0.4 is 10.2 Å². The van der Waals surface area contributed by atoms with Gasteiger partial charge in [-0.2, -0.15) is 0 Å². The van der Waals surface area contributed by atoms with Crippen molar-refractivity contribution in [3.05, 3.63) is 64.7 Å². The number of nitrogens with one attached hydrogen (secondary N) is 1. The van der Waals surface area contributed by atoms with Crippen molar-refractivity contribution in [1.29, 1.82) is 0 Å². The number of hydrogen-bond donors (Lipinski definition) is 1. The lowest BCUT2D eigenvalue weighted by atomic mass is 9.95. The molecule has 0 atom stereocenters. The first kappa shape index (κ1) is 20.2. The third-order valence-electron chi connectivity index (χ3n) is 6.26. The van der Waals surface area contributed by atoms with Crippen molar-refractivity contribution < 1.29 is 4.79 Å². The van der Waals surface area contributed by atoms with Gasteiger partial charge in [0.2, 0.25) is 5.91 Å². The standard InChI is InChI=1S/C24H30ClN3O/c1-19-4-2-5-22(18-19)28-16-14-27(15-17-28)13-3-12-26-23(29)24(10-11-24)20-6-8-21(25)9-7-20/h2,4-9,18H,3,10-17H2,1H3,(H,26,29). The zero-order valence-corrected chi connectivity index (χ0v) is 17.9. The van der Waals surface area contributed by atoms with E-state index < -0.39 is 0 Å². The molecular weight excluding hydrogens is 382 g/mol. The van der Waals surface area contributed by atoms with Crippen LogP contribution in [-0.4, -0.2) is 50.1 Å². The first-order chi connectivity index (χ1) is 14.1. The molecule has 2 aliphatic rings. The van der Waals surface area contributed by atoms with Crippen molar-refractivity contribution in [1.82, 2.24) is 10.2 Å². The highest BCUT2D eigenvalue weighted by atomic mass is 35.5. The summed E-state index contributed by atoms with van der Waals surface area (Å²) < 4.78 is 0. The van der Waals surface area contributed by atoms with E-state index in [1.807, 2.05) is 24.3 Å². The number of carbonyl (C=O) groups excluding carboxylic acids is 1. The van der Waals surface area contributed by atoms with Gasteiger partial charge in [0.05, 0.1) is 5.41 Å². The average molecular weight is 412 g/mol. The van der Waals surface area contributed by atoms with Crippen LogP contribution in [0.25, 0.3) is 0 Å². The van der Waals surface area contributed by atoms with E-state index >= 15 is 0 Å². The van der Waals surface area contributed by atoms with E-state index in [1.165, 1.54) is 11.3 Å². The predicted octanol–water partition coefficient (Wildman–Crippen LogP) is 4.01. The lowest BCUT2D eigenvalue weighted by molar-refractivity contribution is -0.123. The van der Waals surface area contributed by atoms with Gasteiger partial charge in [-0.25, -0.2) is 0 Å². The Morgan fingerprint density at radius 2 is 1.79 bits per heavy atom. The molecule has 1 saturated carbocycles. The van der Waals surface area contributed by atoms with Crippen molar-refractivity contribution in [2.45, 2.75) is 31.6 Å². The summed E-state index contributed by atoms with van der Waals surface area (Å²) in [5.74, 6) is 0.170. The Bertz CT molecular complexity index is 839. The lowest BCUT2D eigenvalue weighted by Crippen LogP contribution is -2.47. The van der Waals surface area contributed by atoms with Gasteiger partial charge in [-0.3, -0.25) is 9.69 Å². The lowest BCUT2D eigenvalue weighted by Gasteiger charge is -2.36. The van der Waals surface area contributed by atoms with Crippen LogP contribution in [0, 0.1) is 6.92 Å². The second-order valence-corrected chi connectivity index (χ2v) is 8.80. The molecule has 0 aromatic heterocycles. The zero-order chi connectivity index (χ0) is 20.3. The van der Waals surface area contributed by atoms with Crippen molar-refractivity contribution in [2.75, 3.05) is 44.2 Å². The molecule has 5 heteroatoms. The Hall–Kier alpha value is -2.04. The van der Waals surface area contributed by atoms with Gasteiger partial charge in [0.1, 0.15) is 0 Å². The van der Waals surface area contributed by atoms with Crippen molar-refractivity contribution in [2.24, 2.45) is 0 Å². The minimum absolute atomic E-state index is 0.170. The number of hydrogen-bond acceptors (Lipinski definition) is 3. The molecule has 0 spiro atoms. The van der Waals surface area contributed by atoms with E-state index in [2.05, 4.69) is 46.3 Å². The molecule has 1 aliphatic carbocycles. The molecule has 1 heterocycles. The molecule has 2 fully saturated rings. The number of carbonyl (C=O) groups is 1. The summed E-state index contributed by atoms with van der Waals surface area (Å²) in [7, 11) is 0. The third kappa shape index (κ3) is 4.76. The van der Waals surface area contributed by atoms with Crippen LogP contribution in [0.3, 0.4) is 0 Å². The molecule has 2 aromatic carbocycles. The molecule has 1 amide bonds. The first-order valence-electron chi connectivity index (χ1n) is 10.7. The number of aryl methyl sites for hydroxylation is 1. The maximum Gasteiger partial charge on any atom is 0.230 e. The Morgan fingerprint density at radius 3 is 2.45 bits per heavy atom. The van der Waals surface area contributed by atoms with E-state index in [-0.39, 0.29) is 11.3 Å².